The molecule has 2 rings (SSSR count). The normalized spacial score (nSPS) is 22.4. The minimum absolute atomic E-state index is 0.457. The Morgan fingerprint density at radius 2 is 2.35 bits per heavy atom. The lowest BCUT2D eigenvalue weighted by Crippen LogP contribution is -2.18. The highest BCUT2D eigenvalue weighted by Crippen LogP contribution is 2.38. The minimum Gasteiger partial charge on any atom is -0.490 e. The lowest BCUT2D eigenvalue weighted by atomic mass is 9.92. The molecule has 0 bridgehead atoms. The highest BCUT2D eigenvalue weighted by molar-refractivity contribution is 5.50. The molecule has 0 aliphatic heterocycles. The van der Waals surface area contributed by atoms with Crippen LogP contribution in [0.3, 0.4) is 0 Å². The summed E-state index contributed by atoms with van der Waals surface area (Å²) in [5.74, 6) is 1.75. The van der Waals surface area contributed by atoms with Gasteiger partial charge in [0.2, 0.25) is 0 Å². The maximum Gasteiger partial charge on any atom is 0.168 e. The third-order valence-corrected chi connectivity index (χ3v) is 3.38. The van der Waals surface area contributed by atoms with E-state index in [4.69, 9.17) is 4.74 Å². The summed E-state index contributed by atoms with van der Waals surface area (Å²) in [6.07, 6.45) is 5.51. The highest BCUT2D eigenvalue weighted by Gasteiger charge is 2.31. The van der Waals surface area contributed by atoms with Gasteiger partial charge < -0.3 is 10.1 Å². The number of ether oxygens (including phenoxy) is 1. The smallest absolute Gasteiger partial charge is 0.168 e. The van der Waals surface area contributed by atoms with Crippen molar-refractivity contribution >= 4 is 5.82 Å². The molecule has 3 nitrogen and oxygen atoms in total. The van der Waals surface area contributed by atoms with Gasteiger partial charge in [-0.1, -0.05) is 13.8 Å². The van der Waals surface area contributed by atoms with Crippen molar-refractivity contribution in [2.24, 2.45) is 5.41 Å². The third kappa shape index (κ3) is 3.11. The molecule has 1 aromatic heterocycles. The van der Waals surface area contributed by atoms with Gasteiger partial charge >= 0.3 is 0 Å². The molecule has 1 aliphatic carbocycles. The molecule has 94 valence electrons. The highest BCUT2D eigenvalue weighted by atomic mass is 16.5. The number of nitrogens with zero attached hydrogens (tertiary/aromatic N) is 1. The topological polar surface area (TPSA) is 34.1 Å². The first-order valence-electron chi connectivity index (χ1n) is 6.45. The van der Waals surface area contributed by atoms with Crippen LogP contribution in [0, 0.1) is 5.41 Å². The van der Waals surface area contributed by atoms with E-state index < -0.39 is 0 Å². The Morgan fingerprint density at radius 3 is 3.00 bits per heavy atom. The van der Waals surface area contributed by atoms with Crippen LogP contribution in [-0.2, 0) is 0 Å². The Bertz CT molecular complexity index is 376. The molecule has 0 aromatic carbocycles. The van der Waals surface area contributed by atoms with Gasteiger partial charge in [0.05, 0.1) is 6.61 Å². The summed E-state index contributed by atoms with van der Waals surface area (Å²) in [5, 5.41) is 3.51. The molecule has 17 heavy (non-hydrogen) atoms. The number of anilines is 1. The summed E-state index contributed by atoms with van der Waals surface area (Å²) >= 11 is 0. The molecular formula is C14H22N2O. The summed E-state index contributed by atoms with van der Waals surface area (Å²) in [5.41, 5.74) is 0.457. The maximum atomic E-state index is 5.57. The van der Waals surface area contributed by atoms with E-state index in [1.807, 2.05) is 25.3 Å². The second-order valence-electron chi connectivity index (χ2n) is 5.53. The van der Waals surface area contributed by atoms with Gasteiger partial charge in [-0.25, -0.2) is 4.98 Å². The second-order valence-corrected chi connectivity index (χ2v) is 5.53. The molecule has 0 saturated heterocycles. The molecule has 1 fully saturated rings. The Balaban J connectivity index is 2.03. The van der Waals surface area contributed by atoms with Crippen LogP contribution in [0.5, 0.6) is 5.75 Å². The number of hydrogen-bond acceptors (Lipinski definition) is 3. The van der Waals surface area contributed by atoms with Crippen LogP contribution in [0.15, 0.2) is 18.3 Å². The fourth-order valence-electron chi connectivity index (χ4n) is 2.52. The van der Waals surface area contributed by atoms with Crippen LogP contribution in [0.1, 0.15) is 40.0 Å². The number of rotatable bonds is 4. The first-order chi connectivity index (χ1) is 8.11. The van der Waals surface area contributed by atoms with Crippen LogP contribution >= 0.6 is 0 Å². The predicted octanol–water partition coefficient (Wildman–Crippen LogP) is 3.47. The van der Waals surface area contributed by atoms with E-state index in [1.165, 1.54) is 19.3 Å². The zero-order chi connectivity index (χ0) is 12.3. The van der Waals surface area contributed by atoms with Gasteiger partial charge in [-0.3, -0.25) is 0 Å². The van der Waals surface area contributed by atoms with Crippen molar-refractivity contribution in [3.8, 4) is 5.75 Å². The second kappa shape index (κ2) is 4.94. The van der Waals surface area contributed by atoms with Crippen molar-refractivity contribution in [1.29, 1.82) is 0 Å². The number of pyridine rings is 1. The first kappa shape index (κ1) is 12.2. The number of aromatic nitrogens is 1. The van der Waals surface area contributed by atoms with Crippen molar-refractivity contribution in [2.45, 2.75) is 46.1 Å². The zero-order valence-corrected chi connectivity index (χ0v) is 11.0. The Morgan fingerprint density at radius 1 is 1.53 bits per heavy atom. The monoisotopic (exact) mass is 234 g/mol. The van der Waals surface area contributed by atoms with E-state index >= 15 is 0 Å². The van der Waals surface area contributed by atoms with Crippen LogP contribution < -0.4 is 10.1 Å². The first-order valence-corrected chi connectivity index (χ1v) is 6.45. The van der Waals surface area contributed by atoms with Crippen LogP contribution in [0.4, 0.5) is 5.82 Å². The van der Waals surface area contributed by atoms with Crippen molar-refractivity contribution in [1.82, 2.24) is 4.98 Å². The van der Waals surface area contributed by atoms with E-state index in [0.717, 1.165) is 11.6 Å². The summed E-state index contributed by atoms with van der Waals surface area (Å²) < 4.78 is 5.57. The lowest BCUT2D eigenvalue weighted by molar-refractivity contribution is 0.340. The summed E-state index contributed by atoms with van der Waals surface area (Å²) in [7, 11) is 0. The zero-order valence-electron chi connectivity index (χ0n) is 11.0. The lowest BCUT2D eigenvalue weighted by Gasteiger charge is -2.19. The van der Waals surface area contributed by atoms with Gasteiger partial charge in [-0.15, -0.1) is 0 Å². The SMILES string of the molecule is CCOc1cccnc1NC1CCC(C)(C)C1. The van der Waals surface area contributed by atoms with Crippen molar-refractivity contribution in [2.75, 3.05) is 11.9 Å². The van der Waals surface area contributed by atoms with Gasteiger partial charge in [0, 0.05) is 12.2 Å². The van der Waals surface area contributed by atoms with E-state index in [1.54, 1.807) is 0 Å². The maximum absolute atomic E-state index is 5.57. The van der Waals surface area contributed by atoms with Gasteiger partial charge in [-0.05, 0) is 43.7 Å². The molecule has 1 aromatic rings. The molecule has 0 radical (unpaired) electrons. The van der Waals surface area contributed by atoms with Gasteiger partial charge in [-0.2, -0.15) is 0 Å². The van der Waals surface area contributed by atoms with E-state index in [-0.39, 0.29) is 0 Å². The molecule has 0 spiro atoms. The van der Waals surface area contributed by atoms with Crippen LogP contribution in [0.2, 0.25) is 0 Å². The molecular weight excluding hydrogens is 212 g/mol. The molecule has 1 heterocycles. The van der Waals surface area contributed by atoms with Gasteiger partial charge in [0.25, 0.3) is 0 Å². The standard InChI is InChI=1S/C14H22N2O/c1-4-17-12-6-5-9-15-13(12)16-11-7-8-14(2,3)10-11/h5-6,9,11H,4,7-8,10H2,1-3H3,(H,15,16). The van der Waals surface area contributed by atoms with Crippen LogP contribution in [0.25, 0.3) is 0 Å². The number of hydrogen-bond donors (Lipinski definition) is 1. The average Bonchev–Trinajstić information content (AvgIpc) is 2.61. The molecule has 0 amide bonds. The minimum atomic E-state index is 0.457. The van der Waals surface area contributed by atoms with Gasteiger partial charge in [0.15, 0.2) is 11.6 Å². The molecule has 1 saturated carbocycles. The Hall–Kier alpha value is -1.25. The fourth-order valence-corrected chi connectivity index (χ4v) is 2.52. The average molecular weight is 234 g/mol. The van der Waals surface area contributed by atoms with Crippen molar-refractivity contribution < 1.29 is 4.74 Å². The van der Waals surface area contributed by atoms with E-state index in [9.17, 15) is 0 Å². The molecule has 1 unspecified atom stereocenters. The molecule has 1 N–H and O–H groups in total. The molecule has 3 heteroatoms. The molecule has 1 aliphatic rings. The van der Waals surface area contributed by atoms with Crippen molar-refractivity contribution in [3.05, 3.63) is 18.3 Å². The van der Waals surface area contributed by atoms with Crippen molar-refractivity contribution in [3.63, 3.8) is 0 Å². The molecule has 1 atom stereocenters. The van der Waals surface area contributed by atoms with E-state index in [0.29, 0.717) is 18.1 Å². The van der Waals surface area contributed by atoms with E-state index in [2.05, 4.69) is 24.1 Å². The predicted molar refractivity (Wildman–Crippen MR) is 70.4 cm³/mol. The quantitative estimate of drug-likeness (QED) is 0.866. The fraction of sp³-hybridized carbons (Fsp3) is 0.643. The van der Waals surface area contributed by atoms with Gasteiger partial charge in [0.1, 0.15) is 0 Å². The van der Waals surface area contributed by atoms with Crippen LogP contribution in [-0.4, -0.2) is 17.6 Å². The Labute approximate surface area is 104 Å². The summed E-state index contributed by atoms with van der Waals surface area (Å²) in [6.45, 7) is 7.33. The summed E-state index contributed by atoms with van der Waals surface area (Å²) in [4.78, 5) is 4.37. The largest absolute Gasteiger partial charge is 0.490 e. The third-order valence-electron chi connectivity index (χ3n) is 3.38. The number of nitrogens with one attached hydrogen (secondary N) is 1. The Kier molecular flexibility index (Phi) is 3.55. The summed E-state index contributed by atoms with van der Waals surface area (Å²) in [6, 6.07) is 4.41.